The lowest BCUT2D eigenvalue weighted by Crippen LogP contribution is -2.12. The number of aliphatic hydroxyl groups excluding tert-OH is 1. The molecule has 2 nitrogen and oxygen atoms in total. The second-order valence-electron chi connectivity index (χ2n) is 4.41. The molecule has 0 heterocycles. The van der Waals surface area contributed by atoms with Gasteiger partial charge in [-0.1, -0.05) is 23.7 Å². The summed E-state index contributed by atoms with van der Waals surface area (Å²) in [5, 5.41) is 13.7. The third-order valence-corrected chi connectivity index (χ3v) is 3.16. The standard InChI is InChI=1S/C15H15ClFNO/c1-10-8-13(6-7-14(10)17)18-9-15(19)11-2-4-12(16)5-3-11/h2-8,15,18-19H,9H2,1H3. The monoisotopic (exact) mass is 279 g/mol. The topological polar surface area (TPSA) is 32.3 Å². The average molecular weight is 280 g/mol. The van der Waals surface area contributed by atoms with Crippen molar-refractivity contribution in [2.24, 2.45) is 0 Å². The first-order valence-electron chi connectivity index (χ1n) is 6.00. The van der Waals surface area contributed by atoms with E-state index in [9.17, 15) is 9.50 Å². The SMILES string of the molecule is Cc1cc(NCC(O)c2ccc(Cl)cc2)ccc1F. The zero-order valence-corrected chi connectivity index (χ0v) is 11.3. The van der Waals surface area contributed by atoms with Crippen LogP contribution in [0.25, 0.3) is 0 Å². The molecule has 0 radical (unpaired) electrons. The fourth-order valence-corrected chi connectivity index (χ4v) is 1.90. The van der Waals surface area contributed by atoms with Gasteiger partial charge in [-0.05, 0) is 48.4 Å². The Morgan fingerprint density at radius 2 is 1.89 bits per heavy atom. The predicted octanol–water partition coefficient (Wildman–Crippen LogP) is 3.93. The van der Waals surface area contributed by atoms with Gasteiger partial charge in [0.15, 0.2) is 0 Å². The number of hydrogen-bond acceptors (Lipinski definition) is 2. The maximum atomic E-state index is 13.1. The van der Waals surface area contributed by atoms with Crippen molar-refractivity contribution in [2.45, 2.75) is 13.0 Å². The number of anilines is 1. The van der Waals surface area contributed by atoms with Crippen LogP contribution in [0.3, 0.4) is 0 Å². The molecule has 0 aliphatic heterocycles. The number of benzene rings is 2. The third-order valence-electron chi connectivity index (χ3n) is 2.91. The highest BCUT2D eigenvalue weighted by Crippen LogP contribution is 2.18. The van der Waals surface area contributed by atoms with Crippen LogP contribution in [0, 0.1) is 12.7 Å². The Balaban J connectivity index is 1.98. The first-order valence-corrected chi connectivity index (χ1v) is 6.37. The number of hydrogen-bond donors (Lipinski definition) is 2. The van der Waals surface area contributed by atoms with Crippen molar-refractivity contribution >= 4 is 17.3 Å². The number of halogens is 2. The fourth-order valence-electron chi connectivity index (χ4n) is 1.77. The first kappa shape index (κ1) is 13.8. The van der Waals surface area contributed by atoms with E-state index in [2.05, 4.69) is 5.32 Å². The molecule has 100 valence electrons. The van der Waals surface area contributed by atoms with Crippen LogP contribution in [-0.2, 0) is 0 Å². The van der Waals surface area contributed by atoms with Gasteiger partial charge in [0, 0.05) is 17.3 Å². The summed E-state index contributed by atoms with van der Waals surface area (Å²) in [5.74, 6) is -0.233. The summed E-state index contributed by atoms with van der Waals surface area (Å²) in [6, 6.07) is 11.8. The van der Waals surface area contributed by atoms with Crippen LogP contribution in [0.15, 0.2) is 42.5 Å². The van der Waals surface area contributed by atoms with E-state index in [0.717, 1.165) is 11.3 Å². The molecular weight excluding hydrogens is 265 g/mol. The minimum atomic E-state index is -0.636. The van der Waals surface area contributed by atoms with Gasteiger partial charge in [0.1, 0.15) is 5.82 Å². The minimum Gasteiger partial charge on any atom is -0.387 e. The van der Waals surface area contributed by atoms with Crippen LogP contribution < -0.4 is 5.32 Å². The van der Waals surface area contributed by atoms with Crippen LogP contribution in [-0.4, -0.2) is 11.7 Å². The number of nitrogens with one attached hydrogen (secondary N) is 1. The van der Waals surface area contributed by atoms with Crippen molar-refractivity contribution in [2.75, 3.05) is 11.9 Å². The summed E-state index contributed by atoms with van der Waals surface area (Å²) in [5.41, 5.74) is 2.15. The van der Waals surface area contributed by atoms with E-state index in [1.165, 1.54) is 6.07 Å². The second kappa shape index (κ2) is 6.04. The van der Waals surface area contributed by atoms with Crippen molar-refractivity contribution in [3.05, 3.63) is 64.4 Å². The van der Waals surface area contributed by atoms with Crippen molar-refractivity contribution in [1.29, 1.82) is 0 Å². The Bertz CT molecular complexity index is 557. The van der Waals surface area contributed by atoms with E-state index in [4.69, 9.17) is 11.6 Å². The summed E-state index contributed by atoms with van der Waals surface area (Å²) in [7, 11) is 0. The molecule has 0 bridgehead atoms. The van der Waals surface area contributed by atoms with E-state index in [1.807, 2.05) is 0 Å². The summed E-state index contributed by atoms with van der Waals surface area (Å²) < 4.78 is 13.1. The van der Waals surface area contributed by atoms with E-state index < -0.39 is 6.10 Å². The van der Waals surface area contributed by atoms with Crippen molar-refractivity contribution in [1.82, 2.24) is 0 Å². The maximum Gasteiger partial charge on any atom is 0.126 e. The third kappa shape index (κ3) is 3.69. The number of aliphatic hydroxyl groups is 1. The number of rotatable bonds is 4. The van der Waals surface area contributed by atoms with E-state index in [0.29, 0.717) is 17.1 Å². The van der Waals surface area contributed by atoms with E-state index in [-0.39, 0.29) is 5.82 Å². The fraction of sp³-hybridized carbons (Fsp3) is 0.200. The second-order valence-corrected chi connectivity index (χ2v) is 4.85. The predicted molar refractivity (Wildman–Crippen MR) is 76.0 cm³/mol. The van der Waals surface area contributed by atoms with Crippen LogP contribution in [0.4, 0.5) is 10.1 Å². The molecule has 0 amide bonds. The highest BCUT2D eigenvalue weighted by molar-refractivity contribution is 6.30. The van der Waals surface area contributed by atoms with Crippen molar-refractivity contribution in [3.63, 3.8) is 0 Å². The molecular formula is C15H15ClFNO. The molecule has 2 aromatic rings. The van der Waals surface area contributed by atoms with Crippen LogP contribution in [0.2, 0.25) is 5.02 Å². The summed E-state index contributed by atoms with van der Waals surface area (Å²) in [6.07, 6.45) is -0.636. The lowest BCUT2D eigenvalue weighted by atomic mass is 10.1. The highest BCUT2D eigenvalue weighted by Gasteiger charge is 2.07. The van der Waals surface area contributed by atoms with Crippen LogP contribution in [0.5, 0.6) is 0 Å². The van der Waals surface area contributed by atoms with Gasteiger partial charge in [-0.25, -0.2) is 4.39 Å². The normalized spacial score (nSPS) is 12.2. The molecule has 0 saturated heterocycles. The molecule has 0 aliphatic rings. The summed E-state index contributed by atoms with van der Waals surface area (Å²) in [6.45, 7) is 2.06. The maximum absolute atomic E-state index is 13.1. The van der Waals surface area contributed by atoms with Crippen LogP contribution >= 0.6 is 11.6 Å². The van der Waals surface area contributed by atoms with Gasteiger partial charge in [-0.3, -0.25) is 0 Å². The molecule has 1 unspecified atom stereocenters. The molecule has 0 spiro atoms. The van der Waals surface area contributed by atoms with Crippen molar-refractivity contribution in [3.8, 4) is 0 Å². The van der Waals surface area contributed by atoms with Gasteiger partial charge in [-0.2, -0.15) is 0 Å². The minimum absolute atomic E-state index is 0.233. The molecule has 2 aromatic carbocycles. The lowest BCUT2D eigenvalue weighted by molar-refractivity contribution is 0.191. The van der Waals surface area contributed by atoms with Gasteiger partial charge in [-0.15, -0.1) is 0 Å². The van der Waals surface area contributed by atoms with Gasteiger partial charge in [0.2, 0.25) is 0 Å². The van der Waals surface area contributed by atoms with Crippen LogP contribution in [0.1, 0.15) is 17.2 Å². The molecule has 2 rings (SSSR count). The molecule has 0 aromatic heterocycles. The molecule has 4 heteroatoms. The van der Waals surface area contributed by atoms with E-state index >= 15 is 0 Å². The zero-order chi connectivity index (χ0) is 13.8. The molecule has 19 heavy (non-hydrogen) atoms. The molecule has 2 N–H and O–H groups in total. The Hall–Kier alpha value is -1.58. The molecule has 0 fully saturated rings. The van der Waals surface area contributed by atoms with Gasteiger partial charge < -0.3 is 10.4 Å². The molecule has 1 atom stereocenters. The highest BCUT2D eigenvalue weighted by atomic mass is 35.5. The Morgan fingerprint density at radius 3 is 2.53 bits per heavy atom. The largest absolute Gasteiger partial charge is 0.387 e. The quantitative estimate of drug-likeness (QED) is 0.889. The van der Waals surface area contributed by atoms with Gasteiger partial charge in [0.05, 0.1) is 6.10 Å². The van der Waals surface area contributed by atoms with E-state index in [1.54, 1.807) is 43.3 Å². The molecule has 0 aliphatic carbocycles. The van der Waals surface area contributed by atoms with Gasteiger partial charge >= 0.3 is 0 Å². The Morgan fingerprint density at radius 1 is 1.21 bits per heavy atom. The first-order chi connectivity index (χ1) is 9.06. The Kier molecular flexibility index (Phi) is 4.40. The van der Waals surface area contributed by atoms with Gasteiger partial charge in [0.25, 0.3) is 0 Å². The smallest absolute Gasteiger partial charge is 0.126 e. The summed E-state index contributed by atoms with van der Waals surface area (Å²) in [4.78, 5) is 0. The summed E-state index contributed by atoms with van der Waals surface area (Å²) >= 11 is 5.79. The van der Waals surface area contributed by atoms with Crippen molar-refractivity contribution < 1.29 is 9.50 Å². The zero-order valence-electron chi connectivity index (χ0n) is 10.5. The molecule has 0 saturated carbocycles. The Labute approximate surface area is 116 Å². The average Bonchev–Trinajstić information content (AvgIpc) is 2.40. The lowest BCUT2D eigenvalue weighted by Gasteiger charge is -2.13. The number of aryl methyl sites for hydroxylation is 1.